The number of aryl methyl sites for hydroxylation is 1. The number of rotatable bonds is 8. The molecule has 30 heavy (non-hydrogen) atoms. The first kappa shape index (κ1) is 21.8. The van der Waals surface area contributed by atoms with Gasteiger partial charge in [0.1, 0.15) is 0 Å². The number of amides is 2. The highest BCUT2D eigenvalue weighted by molar-refractivity contribution is 8.19. The van der Waals surface area contributed by atoms with Crippen LogP contribution in [0, 0.1) is 0 Å². The summed E-state index contributed by atoms with van der Waals surface area (Å²) < 4.78 is 16.2. The minimum Gasteiger partial charge on any atom is -0.493 e. The molecule has 1 aliphatic rings. The second-order valence-electron chi connectivity index (χ2n) is 6.71. The van der Waals surface area contributed by atoms with Crippen LogP contribution in [0.3, 0.4) is 0 Å². The van der Waals surface area contributed by atoms with Crippen molar-refractivity contribution in [2.75, 3.05) is 26.2 Å². The Balaban J connectivity index is 1.90. The third kappa shape index (κ3) is 4.31. The summed E-state index contributed by atoms with van der Waals surface area (Å²) in [6.45, 7) is 2.15. The van der Waals surface area contributed by atoms with E-state index in [0.29, 0.717) is 33.4 Å². The molecule has 0 radical (unpaired) electrons. The van der Waals surface area contributed by atoms with Crippen molar-refractivity contribution in [3.63, 3.8) is 0 Å². The Morgan fingerprint density at radius 1 is 0.933 bits per heavy atom. The zero-order valence-electron chi connectivity index (χ0n) is 17.6. The first-order valence-electron chi connectivity index (χ1n) is 9.69. The lowest BCUT2D eigenvalue weighted by Gasteiger charge is -2.14. The molecule has 2 aromatic rings. The van der Waals surface area contributed by atoms with Crippen LogP contribution in [0.5, 0.6) is 17.2 Å². The van der Waals surface area contributed by atoms with E-state index in [0.717, 1.165) is 31.0 Å². The maximum absolute atomic E-state index is 13.0. The van der Waals surface area contributed by atoms with Gasteiger partial charge in [-0.3, -0.25) is 9.59 Å². The fourth-order valence-electron chi connectivity index (χ4n) is 3.26. The molecule has 158 valence electrons. The number of ether oxygens (including phenoxy) is 3. The van der Waals surface area contributed by atoms with Gasteiger partial charge in [-0.05, 0) is 60.5 Å². The average molecular weight is 428 g/mol. The summed E-state index contributed by atoms with van der Waals surface area (Å²) in [5.41, 5.74) is 2.38. The van der Waals surface area contributed by atoms with Gasteiger partial charge in [0.15, 0.2) is 11.5 Å². The number of imide groups is 1. The van der Waals surface area contributed by atoms with E-state index < -0.39 is 0 Å². The van der Waals surface area contributed by atoms with Crippen LogP contribution in [0.1, 0.15) is 30.9 Å². The average Bonchev–Trinajstić information content (AvgIpc) is 3.04. The van der Waals surface area contributed by atoms with E-state index in [9.17, 15) is 9.59 Å². The maximum Gasteiger partial charge on any atom is 0.298 e. The van der Waals surface area contributed by atoms with E-state index in [2.05, 4.69) is 6.92 Å². The second-order valence-corrected chi connectivity index (χ2v) is 7.70. The Bertz CT molecular complexity index is 968. The Morgan fingerprint density at radius 2 is 1.63 bits per heavy atom. The topological polar surface area (TPSA) is 65.1 Å². The van der Waals surface area contributed by atoms with Gasteiger partial charge in [-0.2, -0.15) is 0 Å². The quantitative estimate of drug-likeness (QED) is 0.533. The van der Waals surface area contributed by atoms with E-state index in [1.807, 2.05) is 24.3 Å². The molecule has 0 aromatic heterocycles. The first-order valence-corrected chi connectivity index (χ1v) is 10.5. The highest BCUT2D eigenvalue weighted by Gasteiger charge is 2.36. The van der Waals surface area contributed by atoms with Crippen LogP contribution in [-0.2, 0) is 11.2 Å². The Kier molecular flexibility index (Phi) is 7.05. The van der Waals surface area contributed by atoms with Crippen LogP contribution in [0.4, 0.5) is 10.5 Å². The van der Waals surface area contributed by atoms with Crippen LogP contribution in [-0.4, -0.2) is 32.5 Å². The smallest absolute Gasteiger partial charge is 0.298 e. The van der Waals surface area contributed by atoms with Crippen molar-refractivity contribution in [1.82, 2.24) is 0 Å². The van der Waals surface area contributed by atoms with Gasteiger partial charge >= 0.3 is 0 Å². The van der Waals surface area contributed by atoms with Gasteiger partial charge < -0.3 is 14.2 Å². The van der Waals surface area contributed by atoms with Crippen molar-refractivity contribution in [3.8, 4) is 17.2 Å². The lowest BCUT2D eigenvalue weighted by molar-refractivity contribution is -0.113. The lowest BCUT2D eigenvalue weighted by Crippen LogP contribution is -2.27. The molecule has 0 atom stereocenters. The summed E-state index contributed by atoms with van der Waals surface area (Å²) in [4.78, 5) is 27.1. The molecule has 2 amide bonds. The predicted octanol–water partition coefficient (Wildman–Crippen LogP) is 5.30. The summed E-state index contributed by atoms with van der Waals surface area (Å²) in [5, 5.41) is -0.327. The van der Waals surface area contributed by atoms with Crippen molar-refractivity contribution in [2.45, 2.75) is 26.2 Å². The van der Waals surface area contributed by atoms with Crippen LogP contribution >= 0.6 is 11.8 Å². The fraction of sp³-hybridized carbons (Fsp3) is 0.304. The largest absolute Gasteiger partial charge is 0.493 e. The number of carbonyl (C=O) groups excluding carboxylic acids is 2. The number of methoxy groups -OCH3 is 3. The van der Waals surface area contributed by atoms with Crippen molar-refractivity contribution < 1.29 is 23.8 Å². The zero-order valence-corrected chi connectivity index (χ0v) is 18.4. The Hall–Kier alpha value is -2.93. The van der Waals surface area contributed by atoms with E-state index in [4.69, 9.17) is 14.2 Å². The molecule has 1 heterocycles. The van der Waals surface area contributed by atoms with Crippen molar-refractivity contribution in [1.29, 1.82) is 0 Å². The van der Waals surface area contributed by atoms with Gasteiger partial charge in [-0.1, -0.05) is 25.5 Å². The molecule has 0 saturated carbocycles. The van der Waals surface area contributed by atoms with Gasteiger partial charge in [-0.15, -0.1) is 0 Å². The molecular weight excluding hydrogens is 402 g/mol. The molecule has 1 aliphatic heterocycles. The SMILES string of the molecule is CCCCc1ccc(N2C(=O)S/C(=C\c3ccc(OC)c(OC)c3OC)C2=O)cc1. The highest BCUT2D eigenvalue weighted by atomic mass is 32.2. The van der Waals surface area contributed by atoms with Crippen molar-refractivity contribution in [2.24, 2.45) is 0 Å². The molecule has 0 bridgehead atoms. The predicted molar refractivity (Wildman–Crippen MR) is 120 cm³/mol. The third-order valence-corrected chi connectivity index (χ3v) is 5.70. The molecule has 3 rings (SSSR count). The molecule has 2 aromatic carbocycles. The van der Waals surface area contributed by atoms with E-state index in [1.54, 1.807) is 18.2 Å². The van der Waals surface area contributed by atoms with Crippen LogP contribution in [0.15, 0.2) is 41.3 Å². The Labute approximate surface area is 180 Å². The summed E-state index contributed by atoms with van der Waals surface area (Å²) >= 11 is 0.903. The van der Waals surface area contributed by atoms with Gasteiger partial charge in [0.05, 0.1) is 31.9 Å². The molecule has 0 aliphatic carbocycles. The van der Waals surface area contributed by atoms with Crippen molar-refractivity contribution in [3.05, 3.63) is 52.4 Å². The highest BCUT2D eigenvalue weighted by Crippen LogP contribution is 2.43. The standard InChI is InChI=1S/C23H25NO5S/c1-5-6-7-15-8-11-17(12-9-15)24-22(25)19(30-23(24)26)14-16-10-13-18(27-2)21(29-4)20(16)28-3/h8-14H,5-7H2,1-4H3/b19-14-. The monoisotopic (exact) mass is 427 g/mol. The maximum atomic E-state index is 13.0. The number of unbranched alkanes of at least 4 members (excludes halogenated alkanes) is 1. The molecule has 0 N–H and O–H groups in total. The Morgan fingerprint density at radius 3 is 2.23 bits per heavy atom. The number of carbonyl (C=O) groups is 2. The molecule has 1 saturated heterocycles. The van der Waals surface area contributed by atoms with Gasteiger partial charge in [0, 0.05) is 5.56 Å². The third-order valence-electron chi connectivity index (χ3n) is 4.83. The molecular formula is C23H25NO5S. The normalized spacial score (nSPS) is 15.1. The second kappa shape index (κ2) is 9.71. The zero-order chi connectivity index (χ0) is 21.7. The summed E-state index contributed by atoms with van der Waals surface area (Å²) in [6, 6.07) is 11.1. The fourth-order valence-corrected chi connectivity index (χ4v) is 4.09. The molecule has 0 unspecified atom stereocenters. The van der Waals surface area contributed by atoms with Crippen LogP contribution < -0.4 is 19.1 Å². The number of hydrogen-bond donors (Lipinski definition) is 0. The lowest BCUT2D eigenvalue weighted by atomic mass is 10.1. The number of thioether (sulfide) groups is 1. The minimum absolute atomic E-state index is 0.320. The molecule has 7 heteroatoms. The molecule has 1 fully saturated rings. The van der Waals surface area contributed by atoms with Gasteiger partial charge in [0.25, 0.3) is 11.1 Å². The molecule has 6 nitrogen and oxygen atoms in total. The number of anilines is 1. The number of hydrogen-bond acceptors (Lipinski definition) is 6. The van der Waals surface area contributed by atoms with E-state index >= 15 is 0 Å². The minimum atomic E-state index is -0.358. The molecule has 0 spiro atoms. The van der Waals surface area contributed by atoms with E-state index in [-0.39, 0.29) is 11.1 Å². The van der Waals surface area contributed by atoms with Gasteiger partial charge in [-0.25, -0.2) is 4.90 Å². The van der Waals surface area contributed by atoms with Crippen LogP contribution in [0.2, 0.25) is 0 Å². The summed E-state index contributed by atoms with van der Waals surface area (Å²) in [5.74, 6) is 1.02. The summed E-state index contributed by atoms with van der Waals surface area (Å²) in [6.07, 6.45) is 4.85. The van der Waals surface area contributed by atoms with Crippen LogP contribution in [0.25, 0.3) is 6.08 Å². The first-order chi connectivity index (χ1) is 14.5. The number of benzene rings is 2. The van der Waals surface area contributed by atoms with Gasteiger partial charge in [0.2, 0.25) is 5.75 Å². The summed E-state index contributed by atoms with van der Waals surface area (Å²) in [7, 11) is 4.57. The van der Waals surface area contributed by atoms with E-state index in [1.165, 1.54) is 31.8 Å². The van der Waals surface area contributed by atoms with Crippen molar-refractivity contribution >= 4 is 34.7 Å². The number of nitrogens with zero attached hydrogens (tertiary/aromatic N) is 1.